The molecule has 0 amide bonds. The lowest BCUT2D eigenvalue weighted by atomic mass is 9.80. The summed E-state index contributed by atoms with van der Waals surface area (Å²) < 4.78 is 0. The van der Waals surface area contributed by atoms with Crippen molar-refractivity contribution in [3.8, 4) is 0 Å². The van der Waals surface area contributed by atoms with Gasteiger partial charge in [-0.25, -0.2) is 0 Å². The summed E-state index contributed by atoms with van der Waals surface area (Å²) in [6.07, 6.45) is 2.22. The van der Waals surface area contributed by atoms with Gasteiger partial charge in [0, 0.05) is 18.6 Å². The maximum absolute atomic E-state index is 9.64. The van der Waals surface area contributed by atoms with E-state index in [-0.39, 0.29) is 18.7 Å². The van der Waals surface area contributed by atoms with Crippen LogP contribution in [-0.2, 0) is 0 Å². The van der Waals surface area contributed by atoms with E-state index in [2.05, 4.69) is 39.5 Å². The number of hydrogen-bond donors (Lipinski definition) is 2. The summed E-state index contributed by atoms with van der Waals surface area (Å²) in [5.41, 5.74) is 6.62. The van der Waals surface area contributed by atoms with Crippen LogP contribution in [0.4, 0.5) is 0 Å². The number of nitrogens with two attached hydrogens (primary N) is 1. The molecular formula is C15H32N2O. The van der Waals surface area contributed by atoms with Crippen molar-refractivity contribution in [3.63, 3.8) is 0 Å². The van der Waals surface area contributed by atoms with Gasteiger partial charge in [0.25, 0.3) is 0 Å². The Balaban J connectivity index is 2.57. The summed E-state index contributed by atoms with van der Waals surface area (Å²) in [7, 11) is 0. The zero-order valence-corrected chi connectivity index (χ0v) is 12.8. The van der Waals surface area contributed by atoms with Crippen molar-refractivity contribution in [3.05, 3.63) is 0 Å². The van der Waals surface area contributed by atoms with Crippen LogP contribution >= 0.6 is 0 Å². The first kappa shape index (κ1) is 15.9. The molecule has 0 aromatic carbocycles. The summed E-state index contributed by atoms with van der Waals surface area (Å²) in [6.45, 7) is 13.7. The van der Waals surface area contributed by atoms with Crippen LogP contribution in [0.15, 0.2) is 0 Å². The topological polar surface area (TPSA) is 49.5 Å². The van der Waals surface area contributed by atoms with Gasteiger partial charge in [-0.3, -0.25) is 4.90 Å². The number of likely N-dealkylation sites (tertiary alicyclic amines) is 1. The maximum atomic E-state index is 9.64. The molecule has 0 radical (unpaired) electrons. The highest BCUT2D eigenvalue weighted by atomic mass is 16.3. The predicted molar refractivity (Wildman–Crippen MR) is 77.4 cm³/mol. The van der Waals surface area contributed by atoms with Gasteiger partial charge >= 0.3 is 0 Å². The Morgan fingerprint density at radius 1 is 1.33 bits per heavy atom. The van der Waals surface area contributed by atoms with Crippen LogP contribution in [0, 0.1) is 17.3 Å². The minimum atomic E-state index is 0.0914. The van der Waals surface area contributed by atoms with Crippen molar-refractivity contribution in [2.75, 3.05) is 19.7 Å². The lowest BCUT2D eigenvalue weighted by Gasteiger charge is -2.33. The van der Waals surface area contributed by atoms with E-state index < -0.39 is 0 Å². The molecule has 1 rings (SSSR count). The van der Waals surface area contributed by atoms with Gasteiger partial charge in [-0.15, -0.1) is 0 Å². The summed E-state index contributed by atoms with van der Waals surface area (Å²) in [5.74, 6) is 1.31. The van der Waals surface area contributed by atoms with E-state index >= 15 is 0 Å². The SMILES string of the molecule is CC(C)CC(N)C(CO)N1CCC(C(C)(C)C)C1. The fourth-order valence-corrected chi connectivity index (χ4v) is 3.02. The summed E-state index contributed by atoms with van der Waals surface area (Å²) in [5, 5.41) is 9.64. The van der Waals surface area contributed by atoms with Crippen LogP contribution < -0.4 is 5.73 Å². The van der Waals surface area contributed by atoms with Gasteiger partial charge in [0.2, 0.25) is 0 Å². The summed E-state index contributed by atoms with van der Waals surface area (Å²) >= 11 is 0. The molecule has 3 atom stereocenters. The third-order valence-electron chi connectivity index (χ3n) is 4.34. The maximum Gasteiger partial charge on any atom is 0.0601 e. The molecule has 0 saturated carbocycles. The van der Waals surface area contributed by atoms with Crippen LogP contribution in [0.5, 0.6) is 0 Å². The van der Waals surface area contributed by atoms with Gasteiger partial charge in [0.1, 0.15) is 0 Å². The number of hydrogen-bond acceptors (Lipinski definition) is 3. The largest absolute Gasteiger partial charge is 0.395 e. The predicted octanol–water partition coefficient (Wildman–Crippen LogP) is 2.09. The minimum absolute atomic E-state index is 0.0914. The Labute approximate surface area is 113 Å². The molecular weight excluding hydrogens is 224 g/mol. The molecule has 0 spiro atoms. The molecule has 3 unspecified atom stereocenters. The van der Waals surface area contributed by atoms with Crippen molar-refractivity contribution in [1.29, 1.82) is 0 Å². The second-order valence-corrected chi connectivity index (χ2v) is 7.39. The number of nitrogens with zero attached hydrogens (tertiary/aromatic N) is 1. The second-order valence-electron chi connectivity index (χ2n) is 7.39. The summed E-state index contributed by atoms with van der Waals surface area (Å²) in [4.78, 5) is 2.41. The van der Waals surface area contributed by atoms with Crippen LogP contribution in [0.25, 0.3) is 0 Å². The highest BCUT2D eigenvalue weighted by Gasteiger charge is 2.36. The highest BCUT2D eigenvalue weighted by Crippen LogP contribution is 2.34. The van der Waals surface area contributed by atoms with Gasteiger partial charge in [-0.2, -0.15) is 0 Å². The van der Waals surface area contributed by atoms with E-state index in [1.807, 2.05) is 0 Å². The monoisotopic (exact) mass is 256 g/mol. The molecule has 18 heavy (non-hydrogen) atoms. The molecule has 3 N–H and O–H groups in total. The molecule has 1 saturated heterocycles. The first-order valence-electron chi connectivity index (χ1n) is 7.36. The van der Waals surface area contributed by atoms with Crippen molar-refractivity contribution < 1.29 is 5.11 Å². The molecule has 0 aromatic heterocycles. The minimum Gasteiger partial charge on any atom is -0.395 e. The van der Waals surface area contributed by atoms with Crippen LogP contribution in [0.3, 0.4) is 0 Å². The lowest BCUT2D eigenvalue weighted by molar-refractivity contribution is 0.107. The molecule has 0 aromatic rings. The number of aliphatic hydroxyl groups is 1. The molecule has 3 heteroatoms. The Morgan fingerprint density at radius 3 is 2.33 bits per heavy atom. The molecule has 1 fully saturated rings. The smallest absolute Gasteiger partial charge is 0.0601 e. The third-order valence-corrected chi connectivity index (χ3v) is 4.34. The lowest BCUT2D eigenvalue weighted by Crippen LogP contribution is -2.50. The quantitative estimate of drug-likeness (QED) is 0.792. The van der Waals surface area contributed by atoms with E-state index in [0.29, 0.717) is 11.3 Å². The molecule has 1 aliphatic rings. The van der Waals surface area contributed by atoms with Crippen molar-refractivity contribution in [2.24, 2.45) is 23.0 Å². The standard InChI is InChI=1S/C15H32N2O/c1-11(2)8-13(16)14(10-18)17-7-6-12(9-17)15(3,4)5/h11-14,18H,6-10,16H2,1-5H3. The zero-order valence-electron chi connectivity index (χ0n) is 12.8. The molecule has 1 aliphatic heterocycles. The van der Waals surface area contributed by atoms with Crippen LogP contribution in [0.1, 0.15) is 47.5 Å². The van der Waals surface area contributed by atoms with Crippen LogP contribution in [0.2, 0.25) is 0 Å². The Kier molecular flexibility index (Phi) is 5.63. The van der Waals surface area contributed by atoms with Gasteiger partial charge in [0.15, 0.2) is 0 Å². The summed E-state index contributed by atoms with van der Waals surface area (Å²) in [6, 6.07) is 0.230. The van der Waals surface area contributed by atoms with E-state index in [9.17, 15) is 5.11 Å². The van der Waals surface area contributed by atoms with E-state index in [0.717, 1.165) is 25.4 Å². The van der Waals surface area contributed by atoms with Crippen molar-refractivity contribution >= 4 is 0 Å². The normalized spacial score (nSPS) is 25.7. The van der Waals surface area contributed by atoms with E-state index in [1.54, 1.807) is 0 Å². The number of aliphatic hydroxyl groups excluding tert-OH is 1. The third kappa shape index (κ3) is 4.22. The van der Waals surface area contributed by atoms with Crippen molar-refractivity contribution in [2.45, 2.75) is 59.5 Å². The fourth-order valence-electron chi connectivity index (χ4n) is 3.02. The molecule has 3 nitrogen and oxygen atoms in total. The average molecular weight is 256 g/mol. The van der Waals surface area contributed by atoms with E-state index in [4.69, 9.17) is 5.73 Å². The van der Waals surface area contributed by atoms with Crippen molar-refractivity contribution in [1.82, 2.24) is 4.90 Å². The average Bonchev–Trinajstić information content (AvgIpc) is 2.66. The van der Waals surface area contributed by atoms with Crippen LogP contribution in [-0.4, -0.2) is 41.8 Å². The number of rotatable bonds is 5. The van der Waals surface area contributed by atoms with Gasteiger partial charge < -0.3 is 10.8 Å². The highest BCUT2D eigenvalue weighted by molar-refractivity contribution is 4.90. The Bertz CT molecular complexity index is 247. The Morgan fingerprint density at radius 2 is 1.94 bits per heavy atom. The molecule has 1 heterocycles. The first-order chi connectivity index (χ1) is 8.25. The molecule has 108 valence electrons. The van der Waals surface area contributed by atoms with Gasteiger partial charge in [-0.1, -0.05) is 34.6 Å². The van der Waals surface area contributed by atoms with E-state index in [1.165, 1.54) is 6.42 Å². The second kappa shape index (κ2) is 6.36. The van der Waals surface area contributed by atoms with Gasteiger partial charge in [0.05, 0.1) is 6.61 Å². The fraction of sp³-hybridized carbons (Fsp3) is 1.00. The zero-order chi connectivity index (χ0) is 13.9. The first-order valence-corrected chi connectivity index (χ1v) is 7.36. The molecule has 0 bridgehead atoms. The van der Waals surface area contributed by atoms with Gasteiger partial charge in [-0.05, 0) is 36.6 Å². The molecule has 0 aliphatic carbocycles. The Hall–Kier alpha value is -0.120.